The predicted octanol–water partition coefficient (Wildman–Crippen LogP) is 23.0. The van der Waals surface area contributed by atoms with Crippen LogP contribution in [-0.2, 0) is 0 Å². The topological polar surface area (TPSA) is 6.48 Å². The van der Waals surface area contributed by atoms with Crippen LogP contribution in [0.1, 0.15) is 22.3 Å². The largest absolute Gasteiger partial charge is 0.306 e. The summed E-state index contributed by atoms with van der Waals surface area (Å²) in [6.07, 6.45) is 0. The van der Waals surface area contributed by atoms with E-state index in [1.165, 1.54) is 0 Å². The first kappa shape index (κ1) is 51.7. The first-order valence-electron chi connectivity index (χ1n) is 28.7. The average Bonchev–Trinajstić information content (AvgIpc) is 1.17. The zero-order valence-electron chi connectivity index (χ0n) is 47.2. The first-order valence-corrected chi connectivity index (χ1v) is 28.7. The van der Waals surface area contributed by atoms with Crippen molar-refractivity contribution in [2.24, 2.45) is 0 Å². The Morgan fingerprint density at radius 2 is 0.571 bits per heavy atom. The highest BCUT2D eigenvalue weighted by Crippen LogP contribution is 2.54. The number of nitrogens with zero attached hydrogens (tertiary/aromatic N) is 2. The Kier molecular flexibility index (Phi) is 13.2. The van der Waals surface area contributed by atoms with Crippen LogP contribution in [0.3, 0.4) is 0 Å². The maximum Gasteiger partial charge on any atom is 0.148 e. The summed E-state index contributed by atoms with van der Waals surface area (Å²) in [6, 6.07) is 95.8. The van der Waals surface area contributed by atoms with E-state index in [0.717, 1.165) is 144 Å². The zero-order chi connectivity index (χ0) is 57.0. The number of hydrogen-bond acceptors (Lipinski definition) is 2. The van der Waals surface area contributed by atoms with Gasteiger partial charge in [-0.1, -0.05) is 253 Å². The third kappa shape index (κ3) is 9.32. The molecule has 0 atom stereocenters. The molecule has 0 spiro atoms. The van der Waals surface area contributed by atoms with E-state index < -0.39 is 0 Å². The molecule has 0 fully saturated rings. The van der Waals surface area contributed by atoms with Crippen LogP contribution < -0.4 is 9.80 Å². The van der Waals surface area contributed by atoms with Crippen molar-refractivity contribution in [1.82, 2.24) is 0 Å². The molecule has 0 N–H and O–H groups in total. The maximum atomic E-state index is 18.5. The van der Waals surface area contributed by atoms with E-state index in [4.69, 9.17) is 0 Å². The lowest BCUT2D eigenvalue weighted by Gasteiger charge is -2.33. The van der Waals surface area contributed by atoms with Gasteiger partial charge in [0.05, 0.1) is 34.1 Å². The standard InChI is InChI=1S/C80H58F2N2/c1-51-19-15-27-59(43-51)63-47-69(61-29-17-21-53(3)45-61)79(71(81)49-63)83(73-33-13-11-31-65(73)55-23-7-5-8-24-55)75-41-37-57-36-40-68-76(42-38-58-35-39-67(75)77(57)78(58)68)84(74-34-14-12-32-66(74)56-25-9-6-10-26-56)80-70(62-30-18-22-54(4)46-62)48-64(50-72(80)82)60-28-16-20-52(2)44-60/h5-50H,1-4H3. The number of rotatable bonds is 12. The number of aryl methyl sites for hydroxylation is 4. The average molecular weight is 1090 g/mol. The third-order valence-corrected chi connectivity index (χ3v) is 16.5. The molecule has 0 aliphatic heterocycles. The summed E-state index contributed by atoms with van der Waals surface area (Å²) >= 11 is 0. The number of hydrogen-bond donors (Lipinski definition) is 0. The van der Waals surface area contributed by atoms with Gasteiger partial charge in [0.15, 0.2) is 0 Å². The van der Waals surface area contributed by atoms with Gasteiger partial charge in [-0.15, -0.1) is 0 Å². The molecule has 0 heterocycles. The molecule has 0 bridgehead atoms. The monoisotopic (exact) mass is 1080 g/mol. The lowest BCUT2D eigenvalue weighted by Crippen LogP contribution is -2.16. The van der Waals surface area contributed by atoms with Gasteiger partial charge in [-0.05, 0) is 142 Å². The van der Waals surface area contributed by atoms with E-state index in [1.54, 1.807) is 12.1 Å². The Morgan fingerprint density at radius 3 is 0.964 bits per heavy atom. The van der Waals surface area contributed by atoms with Gasteiger partial charge in [0.1, 0.15) is 11.6 Å². The van der Waals surface area contributed by atoms with E-state index >= 15 is 8.78 Å². The van der Waals surface area contributed by atoms with Gasteiger partial charge in [-0.2, -0.15) is 0 Å². The van der Waals surface area contributed by atoms with Crippen molar-refractivity contribution in [1.29, 1.82) is 0 Å². The van der Waals surface area contributed by atoms with Crippen LogP contribution >= 0.6 is 0 Å². The summed E-state index contributed by atoms with van der Waals surface area (Å²) in [5.41, 5.74) is 19.2. The highest BCUT2D eigenvalue weighted by molar-refractivity contribution is 6.28. The highest BCUT2D eigenvalue weighted by atomic mass is 19.1. The van der Waals surface area contributed by atoms with Crippen LogP contribution in [0.4, 0.5) is 42.9 Å². The van der Waals surface area contributed by atoms with Crippen molar-refractivity contribution in [3.63, 3.8) is 0 Å². The number of benzene rings is 14. The smallest absolute Gasteiger partial charge is 0.148 e. The van der Waals surface area contributed by atoms with Crippen molar-refractivity contribution in [2.45, 2.75) is 27.7 Å². The van der Waals surface area contributed by atoms with Crippen molar-refractivity contribution in [2.75, 3.05) is 9.80 Å². The van der Waals surface area contributed by atoms with Gasteiger partial charge >= 0.3 is 0 Å². The van der Waals surface area contributed by atoms with Crippen LogP contribution in [-0.4, -0.2) is 0 Å². The number of anilines is 6. The minimum atomic E-state index is -0.353. The molecule has 0 saturated heterocycles. The second kappa shape index (κ2) is 21.5. The molecule has 2 nitrogen and oxygen atoms in total. The second-order valence-corrected chi connectivity index (χ2v) is 22.2. The van der Waals surface area contributed by atoms with Crippen molar-refractivity contribution >= 4 is 66.4 Å². The minimum Gasteiger partial charge on any atom is -0.306 e. The molecule has 0 unspecified atom stereocenters. The molecule has 84 heavy (non-hydrogen) atoms. The van der Waals surface area contributed by atoms with Crippen LogP contribution in [0, 0.1) is 39.3 Å². The summed E-state index contributed by atoms with van der Waals surface area (Å²) in [6.45, 7) is 8.31. The molecule has 402 valence electrons. The quantitative estimate of drug-likeness (QED) is 0.113. The van der Waals surface area contributed by atoms with Crippen LogP contribution in [0.25, 0.3) is 99.1 Å². The van der Waals surface area contributed by atoms with Crippen molar-refractivity contribution in [3.05, 3.63) is 313 Å². The Labute approximate surface area is 489 Å². The maximum absolute atomic E-state index is 18.5. The molecule has 0 radical (unpaired) electrons. The predicted molar refractivity (Wildman–Crippen MR) is 351 cm³/mol. The first-order chi connectivity index (χ1) is 41.1. The van der Waals surface area contributed by atoms with E-state index in [0.29, 0.717) is 11.4 Å². The molecule has 0 amide bonds. The number of para-hydroxylation sites is 2. The van der Waals surface area contributed by atoms with Gasteiger partial charge in [-0.3, -0.25) is 0 Å². The van der Waals surface area contributed by atoms with E-state index in [1.807, 2.05) is 36.4 Å². The van der Waals surface area contributed by atoms with E-state index in [9.17, 15) is 0 Å². The molecule has 0 aliphatic rings. The third-order valence-electron chi connectivity index (χ3n) is 16.5. The van der Waals surface area contributed by atoms with Gasteiger partial charge in [0, 0.05) is 33.0 Å². The molecule has 14 aromatic rings. The van der Waals surface area contributed by atoms with E-state index in [2.05, 4.69) is 268 Å². The van der Waals surface area contributed by atoms with Gasteiger partial charge in [-0.25, -0.2) is 8.78 Å². The molecular weight excluding hydrogens is 1030 g/mol. The molecule has 14 aromatic carbocycles. The Bertz CT molecular complexity index is 4510. The Morgan fingerprint density at radius 1 is 0.238 bits per heavy atom. The molecule has 0 saturated carbocycles. The highest BCUT2D eigenvalue weighted by Gasteiger charge is 2.30. The lowest BCUT2D eigenvalue weighted by atomic mass is 9.90. The minimum absolute atomic E-state index is 0.353. The normalized spacial score (nSPS) is 11.5. The summed E-state index contributed by atoms with van der Waals surface area (Å²) in [5, 5.41) is 5.97. The van der Waals surface area contributed by atoms with Crippen molar-refractivity contribution in [3.8, 4) is 66.8 Å². The lowest BCUT2D eigenvalue weighted by molar-refractivity contribution is 0.629. The summed E-state index contributed by atoms with van der Waals surface area (Å²) < 4.78 is 37.1. The van der Waals surface area contributed by atoms with Crippen LogP contribution in [0.15, 0.2) is 279 Å². The summed E-state index contributed by atoms with van der Waals surface area (Å²) in [4.78, 5) is 4.31. The van der Waals surface area contributed by atoms with Gasteiger partial charge < -0.3 is 9.80 Å². The van der Waals surface area contributed by atoms with Crippen LogP contribution in [0.2, 0.25) is 0 Å². The molecule has 0 aromatic heterocycles. The number of halogens is 2. The Hall–Kier alpha value is -10.4. The molecule has 4 heteroatoms. The molecule has 14 rings (SSSR count). The SMILES string of the molecule is Cc1cccc(-c2cc(F)c(N(c3ccccc3-c3ccccc3)c3ccc4ccc5c(N(c6ccccc6-c6ccccc6)c6c(F)cc(-c7cccc(C)c7)cc6-c6cccc(C)c6)ccc6ccc3c4c65)c(-c3cccc(C)c3)c2)c1. The molecular formula is C80H58F2N2. The van der Waals surface area contributed by atoms with Crippen LogP contribution in [0.5, 0.6) is 0 Å². The second-order valence-electron chi connectivity index (χ2n) is 22.2. The Balaban J connectivity index is 1.07. The fourth-order valence-corrected chi connectivity index (χ4v) is 12.7. The summed E-state index contributed by atoms with van der Waals surface area (Å²) in [5.74, 6) is -0.706. The summed E-state index contributed by atoms with van der Waals surface area (Å²) in [7, 11) is 0. The molecule has 0 aliphatic carbocycles. The van der Waals surface area contributed by atoms with Gasteiger partial charge in [0.25, 0.3) is 0 Å². The van der Waals surface area contributed by atoms with E-state index in [-0.39, 0.29) is 11.6 Å². The van der Waals surface area contributed by atoms with Gasteiger partial charge in [0.2, 0.25) is 0 Å². The zero-order valence-corrected chi connectivity index (χ0v) is 47.2. The fraction of sp³-hybridized carbons (Fsp3) is 0.0500. The fourth-order valence-electron chi connectivity index (χ4n) is 12.7. The van der Waals surface area contributed by atoms with Crippen molar-refractivity contribution < 1.29 is 8.78 Å².